The van der Waals surface area contributed by atoms with E-state index in [1.165, 1.54) is 38.8 Å². The van der Waals surface area contributed by atoms with E-state index in [0.29, 0.717) is 12.6 Å². The summed E-state index contributed by atoms with van der Waals surface area (Å²) in [5.74, 6) is 0.974. The van der Waals surface area contributed by atoms with Crippen molar-refractivity contribution in [3.05, 3.63) is 48.2 Å². The number of rotatable bonds is 7. The topological polar surface area (TPSA) is 44.8 Å². The summed E-state index contributed by atoms with van der Waals surface area (Å²) in [5.41, 5.74) is 3.06. The highest BCUT2D eigenvalue weighted by Crippen LogP contribution is 2.32. The van der Waals surface area contributed by atoms with Crippen LogP contribution in [0.2, 0.25) is 0 Å². The minimum absolute atomic E-state index is 0.0423. The molecule has 1 aromatic carbocycles. The van der Waals surface area contributed by atoms with E-state index in [0.717, 1.165) is 41.8 Å². The molecule has 162 valence electrons. The summed E-state index contributed by atoms with van der Waals surface area (Å²) < 4.78 is 6.52. The van der Waals surface area contributed by atoms with Gasteiger partial charge in [-0.05, 0) is 88.3 Å². The number of hydrogen-bond acceptors (Lipinski definition) is 4. The molecular weight excluding hydrogens is 374 g/mol. The number of nitrogens with zero attached hydrogens (tertiary/aromatic N) is 2. The first kappa shape index (κ1) is 21.1. The molecule has 3 unspecified atom stereocenters. The Bertz CT molecular complexity index is 800. The number of likely N-dealkylation sites (tertiary alicyclic amines) is 1. The summed E-state index contributed by atoms with van der Waals surface area (Å²) in [6, 6.07) is 6.72. The lowest BCUT2D eigenvalue weighted by Gasteiger charge is -2.32. The van der Waals surface area contributed by atoms with E-state index < -0.39 is 0 Å². The van der Waals surface area contributed by atoms with Crippen LogP contribution in [0.4, 0.5) is 0 Å². The van der Waals surface area contributed by atoms with Crippen molar-refractivity contribution in [3.63, 3.8) is 0 Å². The molecule has 2 aliphatic heterocycles. The number of piperidine rings is 1. The van der Waals surface area contributed by atoms with Gasteiger partial charge in [0.05, 0.1) is 6.04 Å². The lowest BCUT2D eigenvalue weighted by atomic mass is 10.0. The van der Waals surface area contributed by atoms with Crippen molar-refractivity contribution in [2.45, 2.75) is 69.7 Å². The largest absolute Gasteiger partial charge is 0.489 e. The van der Waals surface area contributed by atoms with Gasteiger partial charge < -0.3 is 10.1 Å². The Morgan fingerprint density at radius 1 is 1.23 bits per heavy atom. The molecule has 3 aliphatic rings. The van der Waals surface area contributed by atoms with Gasteiger partial charge in [-0.25, -0.2) is 0 Å². The minimum atomic E-state index is -0.132. The summed E-state index contributed by atoms with van der Waals surface area (Å²) in [7, 11) is 2.01. The molecule has 3 fully saturated rings. The van der Waals surface area contributed by atoms with E-state index in [4.69, 9.17) is 4.74 Å². The monoisotopic (exact) mass is 409 g/mol. The van der Waals surface area contributed by atoms with Crippen molar-refractivity contribution in [1.29, 1.82) is 0 Å². The molecule has 1 amide bonds. The van der Waals surface area contributed by atoms with Crippen molar-refractivity contribution in [2.24, 2.45) is 0 Å². The smallest absolute Gasteiger partial charge is 0.241 e. The molecule has 5 nitrogen and oxygen atoms in total. The van der Waals surface area contributed by atoms with Gasteiger partial charge in [0.1, 0.15) is 11.9 Å². The number of carbonyl (C=O) groups excluding carboxylic acids is 1. The highest BCUT2D eigenvalue weighted by atomic mass is 16.5. The van der Waals surface area contributed by atoms with Crippen LogP contribution in [0.25, 0.3) is 6.08 Å². The molecule has 0 aromatic heterocycles. The van der Waals surface area contributed by atoms with E-state index in [9.17, 15) is 4.79 Å². The predicted molar refractivity (Wildman–Crippen MR) is 121 cm³/mol. The first-order valence-corrected chi connectivity index (χ1v) is 11.4. The fourth-order valence-corrected chi connectivity index (χ4v) is 5.26. The Morgan fingerprint density at radius 2 is 2.03 bits per heavy atom. The lowest BCUT2D eigenvalue weighted by molar-refractivity contribution is -0.126. The maximum Gasteiger partial charge on any atom is 0.241 e. The molecule has 1 saturated carbocycles. The van der Waals surface area contributed by atoms with Crippen LogP contribution in [0, 0.1) is 0 Å². The average Bonchev–Trinajstić information content (AvgIpc) is 3.39. The van der Waals surface area contributed by atoms with Crippen molar-refractivity contribution >= 4 is 12.0 Å². The van der Waals surface area contributed by atoms with Gasteiger partial charge in [0, 0.05) is 18.3 Å². The fourth-order valence-electron chi connectivity index (χ4n) is 5.26. The maximum absolute atomic E-state index is 12.4. The van der Waals surface area contributed by atoms with Crippen LogP contribution in [0.1, 0.15) is 56.1 Å². The second kappa shape index (κ2) is 9.36. The second-order valence-corrected chi connectivity index (χ2v) is 9.02. The van der Waals surface area contributed by atoms with E-state index in [1.807, 2.05) is 13.1 Å². The Labute approximate surface area is 180 Å². The molecule has 5 heteroatoms. The summed E-state index contributed by atoms with van der Waals surface area (Å²) in [5, 5.41) is 2.89. The zero-order chi connectivity index (χ0) is 21.1. The number of hydrogen-bond donors (Lipinski definition) is 1. The van der Waals surface area contributed by atoms with Crippen LogP contribution in [0.3, 0.4) is 0 Å². The third-order valence-corrected chi connectivity index (χ3v) is 6.92. The van der Waals surface area contributed by atoms with Crippen molar-refractivity contribution in [1.82, 2.24) is 15.1 Å². The number of nitrogens with one attached hydrogen (secondary N) is 1. The van der Waals surface area contributed by atoms with Gasteiger partial charge in [-0.1, -0.05) is 25.3 Å². The van der Waals surface area contributed by atoms with Crippen LogP contribution in [-0.2, 0) is 11.3 Å². The molecular formula is C25H35N3O2. The number of benzene rings is 1. The van der Waals surface area contributed by atoms with Crippen LogP contribution in [0.5, 0.6) is 5.75 Å². The summed E-state index contributed by atoms with van der Waals surface area (Å²) in [6.45, 7) is 11.0. The molecule has 3 atom stereocenters. The third-order valence-electron chi connectivity index (χ3n) is 6.92. The molecule has 1 aliphatic carbocycles. The van der Waals surface area contributed by atoms with Crippen molar-refractivity contribution in [2.75, 3.05) is 20.1 Å². The Kier molecular flexibility index (Phi) is 6.59. The van der Waals surface area contributed by atoms with Crippen LogP contribution >= 0.6 is 0 Å². The molecule has 1 aromatic rings. The molecule has 2 saturated heterocycles. The fraction of sp³-hybridized carbons (Fsp3) is 0.560. The summed E-state index contributed by atoms with van der Waals surface area (Å²) >= 11 is 0. The molecule has 0 spiro atoms. The SMILES string of the molecule is C=Cc1ccc(OC2CCCC2N2CCCC2)cc1CN(C)C1CCC(=C)NC1=O. The van der Waals surface area contributed by atoms with E-state index >= 15 is 0 Å². The van der Waals surface area contributed by atoms with E-state index in [1.54, 1.807) is 0 Å². The Balaban J connectivity index is 1.46. The quantitative estimate of drug-likeness (QED) is 0.741. The van der Waals surface area contributed by atoms with Gasteiger partial charge in [0.15, 0.2) is 0 Å². The molecule has 0 bridgehead atoms. The number of allylic oxidation sites excluding steroid dienone is 1. The minimum Gasteiger partial charge on any atom is -0.489 e. The van der Waals surface area contributed by atoms with Gasteiger partial charge in [0.2, 0.25) is 5.91 Å². The molecule has 1 N–H and O–H groups in total. The normalized spacial score (nSPS) is 27.5. The van der Waals surface area contributed by atoms with Gasteiger partial charge in [-0.15, -0.1) is 0 Å². The third kappa shape index (κ3) is 4.62. The van der Waals surface area contributed by atoms with Crippen molar-refractivity contribution in [3.8, 4) is 5.75 Å². The first-order valence-electron chi connectivity index (χ1n) is 11.4. The molecule has 30 heavy (non-hydrogen) atoms. The first-order chi connectivity index (χ1) is 14.5. The van der Waals surface area contributed by atoms with Gasteiger partial charge in [-0.2, -0.15) is 0 Å². The van der Waals surface area contributed by atoms with Gasteiger partial charge in [-0.3, -0.25) is 14.6 Å². The Morgan fingerprint density at radius 3 is 2.77 bits per heavy atom. The van der Waals surface area contributed by atoms with E-state index in [-0.39, 0.29) is 18.1 Å². The highest BCUT2D eigenvalue weighted by Gasteiger charge is 2.35. The van der Waals surface area contributed by atoms with Crippen molar-refractivity contribution < 1.29 is 9.53 Å². The number of ether oxygens (including phenoxy) is 1. The number of amides is 1. The van der Waals surface area contributed by atoms with Crippen LogP contribution in [0.15, 0.2) is 37.1 Å². The maximum atomic E-state index is 12.4. The second-order valence-electron chi connectivity index (χ2n) is 9.02. The van der Waals surface area contributed by atoms with E-state index in [2.05, 4.69) is 46.5 Å². The summed E-state index contributed by atoms with van der Waals surface area (Å²) in [4.78, 5) is 17.1. The highest BCUT2D eigenvalue weighted by molar-refractivity contribution is 5.84. The van der Waals surface area contributed by atoms with Gasteiger partial charge in [0.25, 0.3) is 0 Å². The summed E-state index contributed by atoms with van der Waals surface area (Å²) in [6.07, 6.45) is 10.0. The molecule has 0 radical (unpaired) electrons. The van der Waals surface area contributed by atoms with Crippen LogP contribution < -0.4 is 10.1 Å². The Hall–Kier alpha value is -2.11. The van der Waals surface area contributed by atoms with Crippen LogP contribution in [-0.4, -0.2) is 54.0 Å². The predicted octanol–water partition coefficient (Wildman–Crippen LogP) is 3.95. The number of likely N-dealkylation sites (N-methyl/N-ethyl adjacent to an activating group) is 1. The number of carbonyl (C=O) groups is 1. The zero-order valence-corrected chi connectivity index (χ0v) is 18.2. The zero-order valence-electron chi connectivity index (χ0n) is 18.2. The lowest BCUT2D eigenvalue weighted by Crippen LogP contribution is -2.47. The molecule has 2 heterocycles. The molecule has 4 rings (SSSR count). The standard InChI is InChI=1S/C25H35N3O2/c1-4-19-11-12-21(30-24-9-7-8-22(24)28-14-5-6-15-28)16-20(19)17-27(3)23-13-10-18(2)26-25(23)29/h4,11-12,16,22-24H,1-2,5-10,13-15,17H2,3H3,(H,26,29). The average molecular weight is 410 g/mol. The van der Waals surface area contributed by atoms with Gasteiger partial charge >= 0.3 is 0 Å².